The third-order valence-corrected chi connectivity index (χ3v) is 3.13. The van der Waals surface area contributed by atoms with Gasteiger partial charge in [0.05, 0.1) is 12.5 Å². The minimum Gasteiger partial charge on any atom is -0.463 e. The molecule has 1 fully saturated rings. The van der Waals surface area contributed by atoms with Crippen molar-refractivity contribution in [3.63, 3.8) is 0 Å². The zero-order valence-corrected chi connectivity index (χ0v) is 10.4. The van der Waals surface area contributed by atoms with Crippen LogP contribution in [0.3, 0.4) is 0 Å². The monoisotopic (exact) mass is 247 g/mol. The molecule has 1 aromatic rings. The molecular formula is C14H17NO3. The van der Waals surface area contributed by atoms with Gasteiger partial charge in [-0.2, -0.15) is 0 Å². The van der Waals surface area contributed by atoms with Crippen molar-refractivity contribution in [1.82, 2.24) is 5.32 Å². The first-order valence-electron chi connectivity index (χ1n) is 6.14. The number of hydrogen-bond donors (Lipinski definition) is 1. The fourth-order valence-electron chi connectivity index (χ4n) is 2.01. The Bertz CT molecular complexity index is 456. The van der Waals surface area contributed by atoms with Gasteiger partial charge in [-0.15, -0.1) is 0 Å². The van der Waals surface area contributed by atoms with Gasteiger partial charge in [-0.1, -0.05) is 24.3 Å². The molecule has 96 valence electrons. The predicted molar refractivity (Wildman–Crippen MR) is 67.0 cm³/mol. The highest BCUT2D eigenvalue weighted by Crippen LogP contribution is 2.10. The molecule has 2 rings (SSSR count). The second kappa shape index (κ2) is 5.67. The van der Waals surface area contributed by atoms with Crippen LogP contribution in [0.2, 0.25) is 0 Å². The highest BCUT2D eigenvalue weighted by molar-refractivity contribution is 5.78. The van der Waals surface area contributed by atoms with Gasteiger partial charge >= 0.3 is 5.97 Å². The van der Waals surface area contributed by atoms with Gasteiger partial charge in [0, 0.05) is 6.42 Å². The van der Waals surface area contributed by atoms with Crippen LogP contribution < -0.4 is 5.32 Å². The lowest BCUT2D eigenvalue weighted by Gasteiger charge is -2.11. The molecule has 18 heavy (non-hydrogen) atoms. The van der Waals surface area contributed by atoms with Crippen molar-refractivity contribution < 1.29 is 14.3 Å². The quantitative estimate of drug-likeness (QED) is 0.817. The molecule has 1 aromatic carbocycles. The van der Waals surface area contributed by atoms with E-state index < -0.39 is 0 Å². The van der Waals surface area contributed by atoms with E-state index in [2.05, 4.69) is 5.32 Å². The fourth-order valence-corrected chi connectivity index (χ4v) is 2.01. The molecule has 1 saturated heterocycles. The number of esters is 1. The third kappa shape index (κ3) is 3.32. The summed E-state index contributed by atoms with van der Waals surface area (Å²) in [5, 5.41) is 2.77. The molecule has 0 aromatic heterocycles. The van der Waals surface area contributed by atoms with Crippen LogP contribution in [0.25, 0.3) is 0 Å². The molecule has 1 aliphatic rings. The van der Waals surface area contributed by atoms with E-state index in [0.717, 1.165) is 17.5 Å². The zero-order chi connectivity index (χ0) is 13.0. The normalized spacial score (nSPS) is 18.5. The number of hydrogen-bond acceptors (Lipinski definition) is 3. The summed E-state index contributed by atoms with van der Waals surface area (Å²) in [5.41, 5.74) is 2.07. The van der Waals surface area contributed by atoms with Crippen molar-refractivity contribution in [1.29, 1.82) is 0 Å². The minimum atomic E-state index is -0.245. The van der Waals surface area contributed by atoms with E-state index in [9.17, 15) is 9.59 Å². The highest BCUT2D eigenvalue weighted by atomic mass is 16.5. The van der Waals surface area contributed by atoms with Gasteiger partial charge in [0.1, 0.15) is 6.61 Å². The Balaban J connectivity index is 1.79. The van der Waals surface area contributed by atoms with Gasteiger partial charge in [0.15, 0.2) is 0 Å². The first-order valence-corrected chi connectivity index (χ1v) is 6.14. The first-order chi connectivity index (χ1) is 8.65. The topological polar surface area (TPSA) is 55.4 Å². The number of aryl methyl sites for hydroxylation is 1. The Morgan fingerprint density at radius 3 is 2.89 bits per heavy atom. The van der Waals surface area contributed by atoms with E-state index in [1.54, 1.807) is 0 Å². The van der Waals surface area contributed by atoms with E-state index in [0.29, 0.717) is 6.42 Å². The van der Waals surface area contributed by atoms with Crippen molar-refractivity contribution in [2.24, 2.45) is 0 Å². The standard InChI is InChI=1S/C14H17NO3/c1-10-4-2-3-5-11(10)8-14(17)18-9-12-6-7-13(16)15-12/h2-5,12H,6-9H2,1H3,(H,15,16). The zero-order valence-electron chi connectivity index (χ0n) is 10.4. The molecule has 1 unspecified atom stereocenters. The van der Waals surface area contributed by atoms with E-state index >= 15 is 0 Å². The van der Waals surface area contributed by atoms with Gasteiger partial charge in [-0.3, -0.25) is 9.59 Å². The van der Waals surface area contributed by atoms with Gasteiger partial charge < -0.3 is 10.1 Å². The van der Waals surface area contributed by atoms with Crippen LogP contribution >= 0.6 is 0 Å². The number of carbonyl (C=O) groups is 2. The predicted octanol–water partition coefficient (Wildman–Crippen LogP) is 1.36. The lowest BCUT2D eigenvalue weighted by Crippen LogP contribution is -2.31. The minimum absolute atomic E-state index is 0.0154. The molecule has 4 heteroatoms. The summed E-state index contributed by atoms with van der Waals surface area (Å²) in [5.74, 6) is -0.208. The summed E-state index contributed by atoms with van der Waals surface area (Å²) in [4.78, 5) is 22.7. The Kier molecular flexibility index (Phi) is 3.97. The number of rotatable bonds is 4. The average molecular weight is 247 g/mol. The third-order valence-electron chi connectivity index (χ3n) is 3.13. The van der Waals surface area contributed by atoms with Crippen molar-refractivity contribution in [3.8, 4) is 0 Å². The van der Waals surface area contributed by atoms with Crippen LogP contribution in [0.15, 0.2) is 24.3 Å². The van der Waals surface area contributed by atoms with Crippen LogP contribution in [0.5, 0.6) is 0 Å². The van der Waals surface area contributed by atoms with E-state index in [4.69, 9.17) is 4.74 Å². The van der Waals surface area contributed by atoms with E-state index in [1.165, 1.54) is 0 Å². The number of ether oxygens (including phenoxy) is 1. The molecule has 0 bridgehead atoms. The maximum absolute atomic E-state index is 11.7. The van der Waals surface area contributed by atoms with Crippen LogP contribution in [-0.2, 0) is 20.7 Å². The molecule has 1 amide bonds. The smallest absolute Gasteiger partial charge is 0.310 e. The van der Waals surface area contributed by atoms with E-state index in [-0.39, 0.29) is 30.9 Å². The summed E-state index contributed by atoms with van der Waals surface area (Å²) < 4.78 is 5.18. The average Bonchev–Trinajstić information content (AvgIpc) is 2.76. The molecule has 4 nitrogen and oxygen atoms in total. The second-order valence-corrected chi connectivity index (χ2v) is 4.59. The molecule has 0 radical (unpaired) electrons. The molecule has 1 heterocycles. The molecular weight excluding hydrogens is 230 g/mol. The number of benzene rings is 1. The molecule has 0 spiro atoms. The van der Waals surface area contributed by atoms with Crippen molar-refractivity contribution in [2.45, 2.75) is 32.2 Å². The SMILES string of the molecule is Cc1ccccc1CC(=O)OCC1CCC(=O)N1. The summed E-state index contributed by atoms with van der Waals surface area (Å²) in [7, 11) is 0. The molecule has 0 saturated carbocycles. The lowest BCUT2D eigenvalue weighted by atomic mass is 10.1. The summed E-state index contributed by atoms with van der Waals surface area (Å²) in [6.07, 6.45) is 1.56. The molecule has 1 aliphatic heterocycles. The van der Waals surface area contributed by atoms with Crippen LogP contribution in [0, 0.1) is 6.92 Å². The van der Waals surface area contributed by atoms with Crippen molar-refractivity contribution in [2.75, 3.05) is 6.61 Å². The number of nitrogens with one attached hydrogen (secondary N) is 1. The highest BCUT2D eigenvalue weighted by Gasteiger charge is 2.21. The van der Waals surface area contributed by atoms with E-state index in [1.807, 2.05) is 31.2 Å². The molecule has 1 N–H and O–H groups in total. The summed E-state index contributed by atoms with van der Waals surface area (Å²) >= 11 is 0. The lowest BCUT2D eigenvalue weighted by molar-refractivity contribution is -0.143. The maximum atomic E-state index is 11.7. The van der Waals surface area contributed by atoms with Gasteiger partial charge in [-0.25, -0.2) is 0 Å². The molecule has 1 atom stereocenters. The Morgan fingerprint density at radius 1 is 1.44 bits per heavy atom. The van der Waals surface area contributed by atoms with Crippen LogP contribution in [0.1, 0.15) is 24.0 Å². The Morgan fingerprint density at radius 2 is 2.22 bits per heavy atom. The second-order valence-electron chi connectivity index (χ2n) is 4.59. The summed E-state index contributed by atoms with van der Waals surface area (Å²) in [6, 6.07) is 7.73. The van der Waals surface area contributed by atoms with Gasteiger partial charge in [-0.05, 0) is 24.5 Å². The Hall–Kier alpha value is -1.84. The van der Waals surface area contributed by atoms with Crippen molar-refractivity contribution in [3.05, 3.63) is 35.4 Å². The summed E-state index contributed by atoms with van der Waals surface area (Å²) in [6.45, 7) is 2.25. The first kappa shape index (κ1) is 12.6. The number of carbonyl (C=O) groups excluding carboxylic acids is 2. The maximum Gasteiger partial charge on any atom is 0.310 e. The molecule has 0 aliphatic carbocycles. The number of amides is 1. The van der Waals surface area contributed by atoms with Gasteiger partial charge in [0.2, 0.25) is 5.91 Å². The Labute approximate surface area is 106 Å². The van der Waals surface area contributed by atoms with Crippen LogP contribution in [0.4, 0.5) is 0 Å². The van der Waals surface area contributed by atoms with Gasteiger partial charge in [0.25, 0.3) is 0 Å². The fraction of sp³-hybridized carbons (Fsp3) is 0.429. The van der Waals surface area contributed by atoms with Crippen molar-refractivity contribution >= 4 is 11.9 Å². The largest absolute Gasteiger partial charge is 0.463 e. The van der Waals surface area contributed by atoms with Crippen LogP contribution in [-0.4, -0.2) is 24.5 Å².